The fourth-order valence-corrected chi connectivity index (χ4v) is 3.04. The van der Waals surface area contributed by atoms with Crippen molar-refractivity contribution in [2.45, 2.75) is 31.7 Å². The molecule has 1 aromatic carbocycles. The SMILES string of the molecule is Cn1c2c(c3cc(O)ccc31)CC/C2=N/C1CC1. The van der Waals surface area contributed by atoms with Crippen LogP contribution in [0.4, 0.5) is 0 Å². The monoisotopic (exact) mass is 240 g/mol. The second-order valence-electron chi connectivity index (χ2n) is 5.39. The van der Waals surface area contributed by atoms with Gasteiger partial charge in [0.15, 0.2) is 0 Å². The van der Waals surface area contributed by atoms with Gasteiger partial charge >= 0.3 is 0 Å². The summed E-state index contributed by atoms with van der Waals surface area (Å²) in [6.07, 6.45) is 4.62. The topological polar surface area (TPSA) is 37.5 Å². The molecule has 2 aromatic rings. The molecule has 0 spiro atoms. The molecule has 1 fully saturated rings. The lowest BCUT2D eigenvalue weighted by molar-refractivity contribution is 0.476. The number of aryl methyl sites for hydroxylation is 2. The average molecular weight is 240 g/mol. The van der Waals surface area contributed by atoms with E-state index in [2.05, 4.69) is 11.6 Å². The van der Waals surface area contributed by atoms with Crippen molar-refractivity contribution in [3.63, 3.8) is 0 Å². The van der Waals surface area contributed by atoms with Crippen molar-refractivity contribution in [3.05, 3.63) is 29.5 Å². The molecule has 1 saturated carbocycles. The van der Waals surface area contributed by atoms with Crippen molar-refractivity contribution >= 4 is 16.6 Å². The Labute approximate surface area is 106 Å². The van der Waals surface area contributed by atoms with Crippen LogP contribution in [0.3, 0.4) is 0 Å². The molecule has 92 valence electrons. The van der Waals surface area contributed by atoms with Gasteiger partial charge in [-0.3, -0.25) is 4.99 Å². The van der Waals surface area contributed by atoms with Gasteiger partial charge in [0.25, 0.3) is 0 Å². The third kappa shape index (κ3) is 1.33. The first-order valence-corrected chi connectivity index (χ1v) is 6.61. The number of aromatic nitrogens is 1. The van der Waals surface area contributed by atoms with E-state index in [1.54, 1.807) is 6.07 Å². The second kappa shape index (κ2) is 3.37. The number of fused-ring (bicyclic) bond motifs is 3. The van der Waals surface area contributed by atoms with E-state index in [0.717, 1.165) is 12.8 Å². The van der Waals surface area contributed by atoms with E-state index >= 15 is 0 Å². The van der Waals surface area contributed by atoms with Crippen LogP contribution in [0.1, 0.15) is 30.5 Å². The Morgan fingerprint density at radius 1 is 1.28 bits per heavy atom. The molecule has 4 rings (SSSR count). The molecule has 0 unspecified atom stereocenters. The zero-order valence-electron chi connectivity index (χ0n) is 10.5. The van der Waals surface area contributed by atoms with E-state index < -0.39 is 0 Å². The zero-order chi connectivity index (χ0) is 12.3. The largest absolute Gasteiger partial charge is 0.508 e. The lowest BCUT2D eigenvalue weighted by Gasteiger charge is -2.03. The maximum Gasteiger partial charge on any atom is 0.116 e. The van der Waals surface area contributed by atoms with E-state index in [1.165, 1.54) is 40.7 Å². The maximum absolute atomic E-state index is 9.65. The Bertz CT molecular complexity index is 677. The standard InChI is InChI=1S/C15H16N2O/c1-17-14-7-4-10(18)8-12(14)11-5-6-13(15(11)17)16-9-2-3-9/h4,7-9,18H,2-3,5-6H2,1H3/b16-13-. The van der Waals surface area contributed by atoms with Crippen LogP contribution in [0.15, 0.2) is 23.2 Å². The van der Waals surface area contributed by atoms with Gasteiger partial charge in [-0.1, -0.05) is 0 Å². The van der Waals surface area contributed by atoms with Crippen LogP contribution < -0.4 is 0 Å². The van der Waals surface area contributed by atoms with Crippen molar-refractivity contribution < 1.29 is 5.11 Å². The summed E-state index contributed by atoms with van der Waals surface area (Å²) >= 11 is 0. The highest BCUT2D eigenvalue weighted by atomic mass is 16.3. The molecule has 1 heterocycles. The number of aromatic hydroxyl groups is 1. The number of hydrogen-bond donors (Lipinski definition) is 1. The predicted molar refractivity (Wildman–Crippen MR) is 72.5 cm³/mol. The highest BCUT2D eigenvalue weighted by Gasteiger charge is 2.28. The molecule has 0 bridgehead atoms. The van der Waals surface area contributed by atoms with Gasteiger partial charge in [-0.15, -0.1) is 0 Å². The maximum atomic E-state index is 9.65. The Balaban J connectivity index is 1.98. The number of phenolic OH excluding ortho intramolecular Hbond substituents is 1. The third-order valence-corrected chi connectivity index (χ3v) is 4.06. The molecule has 3 nitrogen and oxygen atoms in total. The van der Waals surface area contributed by atoms with Gasteiger partial charge in [0.1, 0.15) is 5.75 Å². The lowest BCUT2D eigenvalue weighted by Crippen LogP contribution is -2.04. The summed E-state index contributed by atoms with van der Waals surface area (Å²) in [6, 6.07) is 6.22. The average Bonchev–Trinajstić information content (AvgIpc) is 2.99. The summed E-state index contributed by atoms with van der Waals surface area (Å²) < 4.78 is 2.23. The number of benzene rings is 1. The summed E-state index contributed by atoms with van der Waals surface area (Å²) in [5.74, 6) is 0.350. The van der Waals surface area contributed by atoms with Crippen LogP contribution in [0.25, 0.3) is 10.9 Å². The minimum absolute atomic E-state index is 0.350. The number of aliphatic imine (C=N–C) groups is 1. The fraction of sp³-hybridized carbons (Fsp3) is 0.400. The van der Waals surface area contributed by atoms with Crippen molar-refractivity contribution in [3.8, 4) is 5.75 Å². The molecule has 3 heteroatoms. The zero-order valence-corrected chi connectivity index (χ0v) is 10.5. The molecule has 18 heavy (non-hydrogen) atoms. The molecule has 0 aliphatic heterocycles. The molecule has 2 aliphatic carbocycles. The Kier molecular flexibility index (Phi) is 1.91. The van der Waals surface area contributed by atoms with Crippen molar-refractivity contribution in [2.75, 3.05) is 0 Å². The molecule has 0 atom stereocenters. The van der Waals surface area contributed by atoms with E-state index in [0.29, 0.717) is 11.8 Å². The van der Waals surface area contributed by atoms with Gasteiger partial charge in [-0.2, -0.15) is 0 Å². The Morgan fingerprint density at radius 2 is 2.11 bits per heavy atom. The summed E-state index contributed by atoms with van der Waals surface area (Å²) in [4.78, 5) is 4.84. The molecule has 0 amide bonds. The van der Waals surface area contributed by atoms with Crippen LogP contribution in [-0.4, -0.2) is 21.4 Å². The van der Waals surface area contributed by atoms with Crippen LogP contribution in [0.2, 0.25) is 0 Å². The van der Waals surface area contributed by atoms with Gasteiger partial charge in [0, 0.05) is 18.0 Å². The van der Waals surface area contributed by atoms with Crippen molar-refractivity contribution in [2.24, 2.45) is 12.0 Å². The molecule has 0 radical (unpaired) electrons. The van der Waals surface area contributed by atoms with Crippen LogP contribution in [-0.2, 0) is 13.5 Å². The smallest absolute Gasteiger partial charge is 0.116 e. The number of hydrogen-bond acceptors (Lipinski definition) is 2. The van der Waals surface area contributed by atoms with Crippen LogP contribution in [0, 0.1) is 0 Å². The van der Waals surface area contributed by atoms with Crippen LogP contribution in [0.5, 0.6) is 5.75 Å². The highest BCUT2D eigenvalue weighted by molar-refractivity contribution is 6.09. The third-order valence-electron chi connectivity index (χ3n) is 4.06. The lowest BCUT2D eigenvalue weighted by atomic mass is 10.1. The summed E-state index contributed by atoms with van der Waals surface area (Å²) in [5, 5.41) is 10.8. The summed E-state index contributed by atoms with van der Waals surface area (Å²) in [5.41, 5.74) is 5.12. The number of phenols is 1. The van der Waals surface area contributed by atoms with Crippen molar-refractivity contribution in [1.82, 2.24) is 4.57 Å². The van der Waals surface area contributed by atoms with Gasteiger partial charge < -0.3 is 9.67 Å². The molecule has 1 N–H and O–H groups in total. The first kappa shape index (κ1) is 10.2. The van der Waals surface area contributed by atoms with Gasteiger partial charge in [-0.25, -0.2) is 0 Å². The molecular weight excluding hydrogens is 224 g/mol. The van der Waals surface area contributed by atoms with E-state index in [-0.39, 0.29) is 0 Å². The molecular formula is C15H16N2O. The number of nitrogens with zero attached hydrogens (tertiary/aromatic N) is 2. The van der Waals surface area contributed by atoms with Gasteiger partial charge in [-0.05, 0) is 49.4 Å². The predicted octanol–water partition coefficient (Wildman–Crippen LogP) is 2.78. The number of rotatable bonds is 1. The quantitative estimate of drug-likeness (QED) is 0.817. The first-order chi connectivity index (χ1) is 8.74. The van der Waals surface area contributed by atoms with Gasteiger partial charge in [0.2, 0.25) is 0 Å². The minimum atomic E-state index is 0.350. The summed E-state index contributed by atoms with van der Waals surface area (Å²) in [6.45, 7) is 0. The Morgan fingerprint density at radius 3 is 2.89 bits per heavy atom. The van der Waals surface area contributed by atoms with E-state index in [1.807, 2.05) is 12.1 Å². The highest BCUT2D eigenvalue weighted by Crippen LogP contribution is 2.36. The van der Waals surface area contributed by atoms with Crippen molar-refractivity contribution in [1.29, 1.82) is 0 Å². The molecule has 2 aliphatic rings. The second-order valence-corrected chi connectivity index (χ2v) is 5.39. The molecule has 1 aromatic heterocycles. The fourth-order valence-electron chi connectivity index (χ4n) is 3.04. The normalized spacial score (nSPS) is 20.8. The Hall–Kier alpha value is -1.77. The molecule has 0 saturated heterocycles. The first-order valence-electron chi connectivity index (χ1n) is 6.61. The minimum Gasteiger partial charge on any atom is -0.508 e. The van der Waals surface area contributed by atoms with Crippen LogP contribution >= 0.6 is 0 Å². The summed E-state index contributed by atoms with van der Waals surface area (Å²) in [7, 11) is 2.10. The van der Waals surface area contributed by atoms with Gasteiger partial charge in [0.05, 0.1) is 17.4 Å². The van der Waals surface area contributed by atoms with E-state index in [9.17, 15) is 5.11 Å². The van der Waals surface area contributed by atoms with E-state index in [4.69, 9.17) is 4.99 Å².